The lowest BCUT2D eigenvalue weighted by Crippen LogP contribution is -2.17. The summed E-state index contributed by atoms with van der Waals surface area (Å²) in [5, 5.41) is 0. The molecule has 1 aliphatic rings. The van der Waals surface area contributed by atoms with Gasteiger partial charge in [0.25, 0.3) is 5.91 Å². The van der Waals surface area contributed by atoms with Gasteiger partial charge in [0.1, 0.15) is 0 Å². The van der Waals surface area contributed by atoms with E-state index >= 15 is 0 Å². The Kier molecular flexibility index (Phi) is 4.02. The van der Waals surface area contributed by atoms with Gasteiger partial charge in [-0.3, -0.25) is 4.79 Å². The summed E-state index contributed by atoms with van der Waals surface area (Å²) in [7, 11) is 0. The number of primary amides is 1. The van der Waals surface area contributed by atoms with Crippen molar-refractivity contribution in [1.29, 1.82) is 0 Å². The van der Waals surface area contributed by atoms with Crippen LogP contribution in [0.25, 0.3) is 0 Å². The first-order chi connectivity index (χ1) is 8.66. The number of aromatic nitrogens is 1. The van der Waals surface area contributed by atoms with Crippen LogP contribution in [0.5, 0.6) is 5.88 Å². The van der Waals surface area contributed by atoms with Gasteiger partial charge in [0, 0.05) is 6.07 Å². The second-order valence-electron chi connectivity index (χ2n) is 4.79. The standard InChI is InChI=1S/C13H19N3O2/c14-11-7-16-12(6-10(11)13(15)17)18-8-9-4-2-1-3-5-9/h6-7,9H,1-5,8,14H2,(H2,15,17). The normalized spacial score (nSPS) is 16.4. The number of hydrogen-bond acceptors (Lipinski definition) is 4. The molecule has 2 rings (SSSR count). The van der Waals surface area contributed by atoms with E-state index in [2.05, 4.69) is 4.98 Å². The molecule has 0 unspecified atom stereocenters. The lowest BCUT2D eigenvalue weighted by Gasteiger charge is -2.21. The van der Waals surface area contributed by atoms with E-state index in [-0.39, 0.29) is 11.3 Å². The molecule has 1 heterocycles. The third kappa shape index (κ3) is 3.12. The fraction of sp³-hybridized carbons (Fsp3) is 0.538. The first-order valence-electron chi connectivity index (χ1n) is 6.35. The quantitative estimate of drug-likeness (QED) is 0.850. The molecule has 5 nitrogen and oxygen atoms in total. The van der Waals surface area contributed by atoms with Crippen LogP contribution in [-0.4, -0.2) is 17.5 Å². The van der Waals surface area contributed by atoms with Gasteiger partial charge in [-0.1, -0.05) is 19.3 Å². The van der Waals surface area contributed by atoms with E-state index in [0.717, 1.165) is 0 Å². The summed E-state index contributed by atoms with van der Waals surface area (Å²) in [4.78, 5) is 15.2. The van der Waals surface area contributed by atoms with Gasteiger partial charge in [-0.25, -0.2) is 4.98 Å². The topological polar surface area (TPSA) is 91.2 Å². The third-order valence-electron chi connectivity index (χ3n) is 3.37. The van der Waals surface area contributed by atoms with Crippen LogP contribution >= 0.6 is 0 Å². The first kappa shape index (κ1) is 12.7. The van der Waals surface area contributed by atoms with E-state index in [9.17, 15) is 4.79 Å². The maximum atomic E-state index is 11.1. The number of carbonyl (C=O) groups is 1. The van der Waals surface area contributed by atoms with Crippen LogP contribution < -0.4 is 16.2 Å². The maximum Gasteiger partial charge on any atom is 0.251 e. The number of nitrogen functional groups attached to an aromatic ring is 1. The molecule has 1 aliphatic carbocycles. The molecular formula is C13H19N3O2. The largest absolute Gasteiger partial charge is 0.477 e. The van der Waals surface area contributed by atoms with Crippen LogP contribution in [0.1, 0.15) is 42.5 Å². The van der Waals surface area contributed by atoms with E-state index in [1.165, 1.54) is 44.4 Å². The fourth-order valence-corrected chi connectivity index (χ4v) is 2.30. The van der Waals surface area contributed by atoms with Gasteiger partial charge >= 0.3 is 0 Å². The molecule has 0 aliphatic heterocycles. The second-order valence-corrected chi connectivity index (χ2v) is 4.79. The van der Waals surface area contributed by atoms with Gasteiger partial charge in [0.05, 0.1) is 24.1 Å². The van der Waals surface area contributed by atoms with Crippen molar-refractivity contribution < 1.29 is 9.53 Å². The summed E-state index contributed by atoms with van der Waals surface area (Å²) < 4.78 is 5.62. The molecule has 0 atom stereocenters. The lowest BCUT2D eigenvalue weighted by atomic mass is 9.90. The van der Waals surface area contributed by atoms with Crippen LogP contribution in [0.2, 0.25) is 0 Å². The van der Waals surface area contributed by atoms with E-state index in [1.54, 1.807) is 0 Å². The summed E-state index contributed by atoms with van der Waals surface area (Å²) >= 11 is 0. The molecule has 0 aromatic carbocycles. The van der Waals surface area contributed by atoms with Crippen molar-refractivity contribution in [2.45, 2.75) is 32.1 Å². The Labute approximate surface area is 107 Å². The molecular weight excluding hydrogens is 230 g/mol. The van der Waals surface area contributed by atoms with Crippen LogP contribution in [0.4, 0.5) is 5.69 Å². The molecule has 5 heteroatoms. The lowest BCUT2D eigenvalue weighted by molar-refractivity contribution is 0.100. The Morgan fingerprint density at radius 1 is 1.39 bits per heavy atom. The highest BCUT2D eigenvalue weighted by atomic mass is 16.5. The molecule has 98 valence electrons. The average Bonchev–Trinajstić information content (AvgIpc) is 2.38. The minimum Gasteiger partial charge on any atom is -0.477 e. The molecule has 0 spiro atoms. The summed E-state index contributed by atoms with van der Waals surface area (Å²) in [6.07, 6.45) is 7.69. The summed E-state index contributed by atoms with van der Waals surface area (Å²) in [5.41, 5.74) is 11.4. The predicted molar refractivity (Wildman–Crippen MR) is 69.2 cm³/mol. The number of carbonyl (C=O) groups excluding carboxylic acids is 1. The van der Waals surface area contributed by atoms with Crippen molar-refractivity contribution in [1.82, 2.24) is 4.98 Å². The molecule has 0 saturated heterocycles. The van der Waals surface area contributed by atoms with Crippen molar-refractivity contribution in [2.75, 3.05) is 12.3 Å². The summed E-state index contributed by atoms with van der Waals surface area (Å²) in [5.74, 6) is 0.455. The maximum absolute atomic E-state index is 11.1. The van der Waals surface area contributed by atoms with Crippen molar-refractivity contribution >= 4 is 11.6 Å². The molecule has 1 fully saturated rings. The van der Waals surface area contributed by atoms with E-state index in [4.69, 9.17) is 16.2 Å². The number of hydrogen-bond donors (Lipinski definition) is 2. The number of ether oxygens (including phenoxy) is 1. The molecule has 0 radical (unpaired) electrons. The zero-order valence-electron chi connectivity index (χ0n) is 10.4. The molecule has 1 aromatic rings. The molecule has 1 amide bonds. The van der Waals surface area contributed by atoms with Crippen molar-refractivity contribution in [3.05, 3.63) is 17.8 Å². The van der Waals surface area contributed by atoms with Gasteiger partial charge in [-0.05, 0) is 18.8 Å². The molecule has 18 heavy (non-hydrogen) atoms. The number of pyridine rings is 1. The summed E-state index contributed by atoms with van der Waals surface area (Å²) in [6.45, 7) is 0.648. The van der Waals surface area contributed by atoms with E-state index in [0.29, 0.717) is 18.4 Å². The molecule has 4 N–H and O–H groups in total. The van der Waals surface area contributed by atoms with E-state index < -0.39 is 5.91 Å². The SMILES string of the molecule is NC(=O)c1cc(OCC2CCCCC2)ncc1N. The van der Waals surface area contributed by atoms with Crippen LogP contribution in [0.15, 0.2) is 12.3 Å². The smallest absolute Gasteiger partial charge is 0.251 e. The Hall–Kier alpha value is -1.78. The minimum absolute atomic E-state index is 0.267. The van der Waals surface area contributed by atoms with Gasteiger partial charge in [0.2, 0.25) is 5.88 Å². The number of nitrogens with zero attached hydrogens (tertiary/aromatic N) is 1. The molecule has 1 aromatic heterocycles. The van der Waals surface area contributed by atoms with Crippen LogP contribution in [-0.2, 0) is 0 Å². The van der Waals surface area contributed by atoms with Gasteiger partial charge in [-0.15, -0.1) is 0 Å². The summed E-state index contributed by atoms with van der Waals surface area (Å²) in [6, 6.07) is 1.51. The zero-order chi connectivity index (χ0) is 13.0. The van der Waals surface area contributed by atoms with Gasteiger partial charge in [0.15, 0.2) is 0 Å². The fourth-order valence-electron chi connectivity index (χ4n) is 2.30. The number of nitrogens with two attached hydrogens (primary N) is 2. The van der Waals surface area contributed by atoms with Gasteiger partial charge in [-0.2, -0.15) is 0 Å². The Morgan fingerprint density at radius 2 is 2.11 bits per heavy atom. The van der Waals surface area contributed by atoms with Crippen molar-refractivity contribution in [3.8, 4) is 5.88 Å². The monoisotopic (exact) mass is 249 g/mol. The van der Waals surface area contributed by atoms with Crippen molar-refractivity contribution in [2.24, 2.45) is 11.7 Å². The van der Waals surface area contributed by atoms with Crippen LogP contribution in [0.3, 0.4) is 0 Å². The third-order valence-corrected chi connectivity index (χ3v) is 3.37. The van der Waals surface area contributed by atoms with Crippen LogP contribution in [0, 0.1) is 5.92 Å². The Morgan fingerprint density at radius 3 is 2.78 bits per heavy atom. The Bertz CT molecular complexity index is 428. The highest BCUT2D eigenvalue weighted by Crippen LogP contribution is 2.24. The van der Waals surface area contributed by atoms with E-state index in [1.807, 2.05) is 0 Å². The first-order valence-corrected chi connectivity index (χ1v) is 6.35. The predicted octanol–water partition coefficient (Wildman–Crippen LogP) is 1.72. The molecule has 0 bridgehead atoms. The average molecular weight is 249 g/mol. The highest BCUT2D eigenvalue weighted by molar-refractivity contribution is 5.97. The number of anilines is 1. The number of rotatable bonds is 4. The van der Waals surface area contributed by atoms with Crippen molar-refractivity contribution in [3.63, 3.8) is 0 Å². The number of amides is 1. The highest BCUT2D eigenvalue weighted by Gasteiger charge is 2.15. The second kappa shape index (κ2) is 5.71. The zero-order valence-corrected chi connectivity index (χ0v) is 10.4. The van der Waals surface area contributed by atoms with Gasteiger partial charge < -0.3 is 16.2 Å². The molecule has 1 saturated carbocycles. The minimum atomic E-state index is -0.558. The Balaban J connectivity index is 1.96.